The monoisotopic (exact) mass is 388 g/mol. The minimum Gasteiger partial charge on any atom is -0.381 e. The molecule has 2 aromatic carbocycles. The third kappa shape index (κ3) is 4.81. The van der Waals surface area contributed by atoms with E-state index in [2.05, 4.69) is 17.5 Å². The number of ether oxygens (including phenoxy) is 1. The third-order valence-corrected chi connectivity index (χ3v) is 5.37. The molecule has 0 aliphatic carbocycles. The van der Waals surface area contributed by atoms with E-state index in [0.717, 1.165) is 22.3 Å². The maximum atomic E-state index is 12.5. The summed E-state index contributed by atoms with van der Waals surface area (Å²) in [5.74, 6) is -0.294. The Morgan fingerprint density at radius 1 is 1.17 bits per heavy atom. The summed E-state index contributed by atoms with van der Waals surface area (Å²) in [6.45, 7) is 2.83. The molecule has 1 saturated heterocycles. The summed E-state index contributed by atoms with van der Waals surface area (Å²) in [5.41, 5.74) is 9.84. The number of amides is 1. The van der Waals surface area contributed by atoms with Crippen LogP contribution in [0.25, 0.3) is 11.1 Å². The molecule has 0 radical (unpaired) electrons. The second kappa shape index (κ2) is 8.87. The van der Waals surface area contributed by atoms with Crippen molar-refractivity contribution < 1.29 is 9.53 Å². The van der Waals surface area contributed by atoms with Crippen LogP contribution in [0.5, 0.6) is 0 Å². The second-order valence-corrected chi connectivity index (χ2v) is 7.47. The van der Waals surface area contributed by atoms with Gasteiger partial charge in [0, 0.05) is 19.6 Å². The van der Waals surface area contributed by atoms with Gasteiger partial charge in [-0.3, -0.25) is 4.79 Å². The molecule has 1 unspecified atom stereocenters. The number of nitrogens with zero attached hydrogens (tertiary/aromatic N) is 2. The van der Waals surface area contributed by atoms with Crippen LogP contribution in [0.2, 0.25) is 0 Å². The first-order valence-corrected chi connectivity index (χ1v) is 9.62. The van der Waals surface area contributed by atoms with Crippen molar-refractivity contribution in [2.45, 2.75) is 37.8 Å². The Hall–Kier alpha value is -3.19. The van der Waals surface area contributed by atoms with Gasteiger partial charge in [-0.05, 0) is 48.1 Å². The molecule has 29 heavy (non-hydrogen) atoms. The van der Waals surface area contributed by atoms with E-state index in [1.54, 1.807) is 0 Å². The van der Waals surface area contributed by atoms with Gasteiger partial charge in [0.2, 0.25) is 5.91 Å². The van der Waals surface area contributed by atoms with E-state index < -0.39 is 11.6 Å². The fourth-order valence-electron chi connectivity index (χ4n) is 3.43. The van der Waals surface area contributed by atoms with Gasteiger partial charge in [0.05, 0.1) is 23.2 Å². The summed E-state index contributed by atoms with van der Waals surface area (Å²) in [7, 11) is 0. The Kier molecular flexibility index (Phi) is 6.29. The molecule has 6 heteroatoms. The maximum absolute atomic E-state index is 12.5. The number of benzene rings is 2. The zero-order chi connectivity index (χ0) is 20.9. The van der Waals surface area contributed by atoms with Crippen LogP contribution in [0.3, 0.4) is 0 Å². The molecule has 0 spiro atoms. The van der Waals surface area contributed by atoms with Gasteiger partial charge in [-0.25, -0.2) is 0 Å². The Labute approximate surface area is 170 Å². The van der Waals surface area contributed by atoms with Gasteiger partial charge in [0.15, 0.2) is 0 Å². The highest BCUT2D eigenvalue weighted by Crippen LogP contribution is 2.23. The molecular weight excluding hydrogens is 364 g/mol. The first kappa shape index (κ1) is 20.5. The molecule has 1 aliphatic rings. The van der Waals surface area contributed by atoms with Crippen LogP contribution in [0.1, 0.15) is 29.5 Å². The molecule has 148 valence electrons. The topological polar surface area (TPSA) is 112 Å². The molecule has 2 aromatic rings. The molecule has 1 fully saturated rings. The zero-order valence-corrected chi connectivity index (χ0v) is 16.4. The standard InChI is InChI=1S/C23H24N4O2/c1-16-12-19(6-7-20(16)14-24)18-4-2-17(3-5-18)13-21(15-25)27-22(28)23(26)8-10-29-11-9-23/h2-7,12,21H,8-11,13,26H2,1H3,(H,27,28). The van der Waals surface area contributed by atoms with Crippen LogP contribution in [0.4, 0.5) is 0 Å². The zero-order valence-electron chi connectivity index (χ0n) is 16.4. The average molecular weight is 388 g/mol. The molecule has 1 amide bonds. The average Bonchev–Trinajstić information content (AvgIpc) is 2.74. The SMILES string of the molecule is Cc1cc(-c2ccc(CC(C#N)NC(=O)C3(N)CCOCC3)cc2)ccc1C#N. The van der Waals surface area contributed by atoms with E-state index in [1.807, 2.05) is 49.4 Å². The first-order valence-electron chi connectivity index (χ1n) is 9.62. The molecule has 3 N–H and O–H groups in total. The lowest BCUT2D eigenvalue weighted by Gasteiger charge is -2.32. The molecule has 1 atom stereocenters. The fourth-order valence-corrected chi connectivity index (χ4v) is 3.43. The Bertz CT molecular complexity index is 964. The minimum absolute atomic E-state index is 0.294. The summed E-state index contributed by atoms with van der Waals surface area (Å²) in [6, 6.07) is 17.3. The van der Waals surface area contributed by atoms with Gasteiger partial charge in [-0.1, -0.05) is 36.4 Å². The number of rotatable bonds is 5. The van der Waals surface area contributed by atoms with E-state index in [0.29, 0.717) is 38.0 Å². The van der Waals surface area contributed by atoms with E-state index in [9.17, 15) is 10.1 Å². The first-order chi connectivity index (χ1) is 13.9. The third-order valence-electron chi connectivity index (χ3n) is 5.37. The predicted octanol–water partition coefficient (Wildman–Crippen LogP) is 2.59. The van der Waals surface area contributed by atoms with Crippen molar-refractivity contribution in [2.75, 3.05) is 13.2 Å². The van der Waals surface area contributed by atoms with Crippen molar-refractivity contribution in [2.24, 2.45) is 5.73 Å². The molecular formula is C23H24N4O2. The maximum Gasteiger partial charge on any atom is 0.241 e. The van der Waals surface area contributed by atoms with E-state index in [4.69, 9.17) is 15.7 Å². The van der Waals surface area contributed by atoms with Crippen LogP contribution in [0, 0.1) is 29.6 Å². The number of aryl methyl sites for hydroxylation is 1. The van der Waals surface area contributed by atoms with Gasteiger partial charge in [-0.2, -0.15) is 10.5 Å². The van der Waals surface area contributed by atoms with E-state index >= 15 is 0 Å². The quantitative estimate of drug-likeness (QED) is 0.818. The van der Waals surface area contributed by atoms with Crippen LogP contribution < -0.4 is 11.1 Å². The fraction of sp³-hybridized carbons (Fsp3) is 0.348. The minimum atomic E-state index is -0.968. The number of carbonyl (C=O) groups is 1. The summed E-state index contributed by atoms with van der Waals surface area (Å²) >= 11 is 0. The Morgan fingerprint density at radius 2 is 1.83 bits per heavy atom. The second-order valence-electron chi connectivity index (χ2n) is 7.47. The van der Waals surface area contributed by atoms with Crippen molar-refractivity contribution in [3.8, 4) is 23.3 Å². The largest absolute Gasteiger partial charge is 0.381 e. The molecule has 6 nitrogen and oxygen atoms in total. The Morgan fingerprint density at radius 3 is 2.41 bits per heavy atom. The van der Waals surface area contributed by atoms with Gasteiger partial charge in [0.25, 0.3) is 0 Å². The van der Waals surface area contributed by atoms with Gasteiger partial charge in [-0.15, -0.1) is 0 Å². The van der Waals surface area contributed by atoms with Crippen molar-refractivity contribution in [3.05, 3.63) is 59.2 Å². The van der Waals surface area contributed by atoms with Crippen molar-refractivity contribution >= 4 is 5.91 Å². The van der Waals surface area contributed by atoms with Crippen LogP contribution in [-0.4, -0.2) is 30.7 Å². The van der Waals surface area contributed by atoms with Crippen LogP contribution in [-0.2, 0) is 16.0 Å². The van der Waals surface area contributed by atoms with Crippen molar-refractivity contribution in [3.63, 3.8) is 0 Å². The van der Waals surface area contributed by atoms with E-state index in [1.165, 1.54) is 0 Å². The molecule has 0 aromatic heterocycles. The summed E-state index contributed by atoms with van der Waals surface area (Å²) in [5, 5.41) is 21.3. The summed E-state index contributed by atoms with van der Waals surface area (Å²) in [6.07, 6.45) is 1.31. The lowest BCUT2D eigenvalue weighted by Crippen LogP contribution is -2.58. The lowest BCUT2D eigenvalue weighted by atomic mass is 9.90. The number of nitrogens with one attached hydrogen (secondary N) is 1. The van der Waals surface area contributed by atoms with Gasteiger partial charge < -0.3 is 15.8 Å². The molecule has 1 heterocycles. The number of carbonyl (C=O) groups excluding carboxylic acids is 1. The summed E-state index contributed by atoms with van der Waals surface area (Å²) < 4.78 is 5.27. The van der Waals surface area contributed by atoms with Gasteiger partial charge in [0.1, 0.15) is 6.04 Å². The molecule has 3 rings (SSSR count). The highest BCUT2D eigenvalue weighted by atomic mass is 16.5. The molecule has 0 saturated carbocycles. The smallest absolute Gasteiger partial charge is 0.241 e. The number of hydrogen-bond donors (Lipinski definition) is 2. The van der Waals surface area contributed by atoms with Gasteiger partial charge >= 0.3 is 0 Å². The number of nitrogens with two attached hydrogens (primary N) is 1. The highest BCUT2D eigenvalue weighted by Gasteiger charge is 2.36. The van der Waals surface area contributed by atoms with E-state index in [-0.39, 0.29) is 5.91 Å². The van der Waals surface area contributed by atoms with Crippen molar-refractivity contribution in [1.29, 1.82) is 10.5 Å². The lowest BCUT2D eigenvalue weighted by molar-refractivity contribution is -0.130. The number of hydrogen-bond acceptors (Lipinski definition) is 5. The predicted molar refractivity (Wildman–Crippen MR) is 110 cm³/mol. The molecule has 1 aliphatic heterocycles. The van der Waals surface area contributed by atoms with Crippen LogP contribution >= 0.6 is 0 Å². The number of nitriles is 2. The molecule has 0 bridgehead atoms. The van der Waals surface area contributed by atoms with Crippen LogP contribution in [0.15, 0.2) is 42.5 Å². The normalized spacial score (nSPS) is 16.3. The van der Waals surface area contributed by atoms with Crippen molar-refractivity contribution in [1.82, 2.24) is 5.32 Å². The Balaban J connectivity index is 1.66. The highest BCUT2D eigenvalue weighted by molar-refractivity contribution is 5.86. The summed E-state index contributed by atoms with van der Waals surface area (Å²) in [4.78, 5) is 12.5.